The lowest BCUT2D eigenvalue weighted by Gasteiger charge is -2.12. The van der Waals surface area contributed by atoms with E-state index in [9.17, 15) is 13.2 Å². The number of nitrogens with zero attached hydrogens (tertiary/aromatic N) is 2. The molecule has 0 amide bonds. The highest BCUT2D eigenvalue weighted by atomic mass is 32.2. The zero-order valence-electron chi connectivity index (χ0n) is 15.3. The van der Waals surface area contributed by atoms with Gasteiger partial charge >= 0.3 is 0 Å². The molecule has 8 heteroatoms. The first-order valence-electron chi connectivity index (χ1n) is 8.52. The lowest BCUT2D eigenvalue weighted by Crippen LogP contribution is -2.15. The highest BCUT2D eigenvalue weighted by molar-refractivity contribution is 8.00. The normalized spacial score (nSPS) is 12.9. The SMILES string of the molecule is CCn1c(S[C@@H](C)C(=O)c2ccc(NS(C)(=O)=O)cc2)nc2ccccc21. The average Bonchev–Trinajstić information content (AvgIpc) is 2.97. The molecule has 3 rings (SSSR count). The van der Waals surface area contributed by atoms with Crippen molar-refractivity contribution in [3.63, 3.8) is 0 Å². The minimum Gasteiger partial charge on any atom is -0.319 e. The second-order valence-corrected chi connectivity index (χ2v) is 9.26. The number of carbonyl (C=O) groups excluding carboxylic acids is 1. The topological polar surface area (TPSA) is 81.1 Å². The van der Waals surface area contributed by atoms with Gasteiger partial charge in [0.2, 0.25) is 10.0 Å². The van der Waals surface area contributed by atoms with Crippen molar-refractivity contribution in [2.75, 3.05) is 11.0 Å². The summed E-state index contributed by atoms with van der Waals surface area (Å²) in [7, 11) is -3.34. The number of nitrogens with one attached hydrogen (secondary N) is 1. The van der Waals surface area contributed by atoms with Crippen LogP contribution in [-0.4, -0.2) is 35.3 Å². The Bertz CT molecular complexity index is 1070. The summed E-state index contributed by atoms with van der Waals surface area (Å²) in [5, 5.41) is 0.496. The van der Waals surface area contributed by atoms with Gasteiger partial charge in [-0.3, -0.25) is 9.52 Å². The fraction of sp³-hybridized carbons (Fsp3) is 0.263. The Kier molecular flexibility index (Phi) is 5.57. The number of anilines is 1. The van der Waals surface area contributed by atoms with Crippen molar-refractivity contribution < 1.29 is 13.2 Å². The van der Waals surface area contributed by atoms with Gasteiger partial charge in [-0.2, -0.15) is 0 Å². The molecule has 0 saturated carbocycles. The van der Waals surface area contributed by atoms with Crippen molar-refractivity contribution in [3.05, 3.63) is 54.1 Å². The first-order chi connectivity index (χ1) is 12.8. The Morgan fingerprint density at radius 3 is 2.48 bits per heavy atom. The van der Waals surface area contributed by atoms with E-state index in [1.165, 1.54) is 11.8 Å². The van der Waals surface area contributed by atoms with Crippen LogP contribution in [0, 0.1) is 0 Å². The molecule has 0 spiro atoms. The number of para-hydroxylation sites is 2. The molecule has 1 heterocycles. The number of aromatic nitrogens is 2. The number of ketones is 1. The monoisotopic (exact) mass is 403 g/mol. The molecule has 0 saturated heterocycles. The van der Waals surface area contributed by atoms with Gasteiger partial charge in [0.05, 0.1) is 22.5 Å². The van der Waals surface area contributed by atoms with Gasteiger partial charge in [0.25, 0.3) is 0 Å². The summed E-state index contributed by atoms with van der Waals surface area (Å²) in [5.74, 6) is -0.0272. The molecule has 0 bridgehead atoms. The number of thioether (sulfide) groups is 1. The largest absolute Gasteiger partial charge is 0.319 e. The van der Waals surface area contributed by atoms with Gasteiger partial charge in [-0.05, 0) is 50.2 Å². The molecule has 0 unspecified atom stereocenters. The summed E-state index contributed by atoms with van der Waals surface area (Å²) in [6, 6.07) is 14.4. The lowest BCUT2D eigenvalue weighted by molar-refractivity contribution is 0.0994. The van der Waals surface area contributed by atoms with E-state index in [4.69, 9.17) is 0 Å². The number of sulfonamides is 1. The number of hydrogen-bond acceptors (Lipinski definition) is 5. The summed E-state index contributed by atoms with van der Waals surface area (Å²) in [6.07, 6.45) is 1.09. The molecule has 3 aromatic rings. The summed E-state index contributed by atoms with van der Waals surface area (Å²) >= 11 is 1.43. The number of benzene rings is 2. The zero-order chi connectivity index (χ0) is 19.6. The summed E-state index contributed by atoms with van der Waals surface area (Å²) in [5.41, 5.74) is 2.94. The van der Waals surface area contributed by atoms with Crippen LogP contribution < -0.4 is 4.72 Å². The van der Waals surface area contributed by atoms with Gasteiger partial charge < -0.3 is 4.57 Å². The zero-order valence-corrected chi connectivity index (χ0v) is 17.0. The summed E-state index contributed by atoms with van der Waals surface area (Å²) < 4.78 is 27.0. The third-order valence-corrected chi connectivity index (χ3v) is 5.76. The van der Waals surface area contributed by atoms with E-state index in [0.717, 1.165) is 29.0 Å². The van der Waals surface area contributed by atoms with E-state index < -0.39 is 10.0 Å². The predicted octanol–water partition coefficient (Wildman–Crippen LogP) is 3.79. The molecular weight excluding hydrogens is 382 g/mol. The van der Waals surface area contributed by atoms with E-state index in [-0.39, 0.29) is 11.0 Å². The van der Waals surface area contributed by atoms with Gasteiger partial charge in [0.15, 0.2) is 10.9 Å². The molecular formula is C19H21N3O3S2. The number of rotatable bonds is 7. The fourth-order valence-electron chi connectivity index (χ4n) is 2.81. The van der Waals surface area contributed by atoms with Crippen molar-refractivity contribution in [2.24, 2.45) is 0 Å². The van der Waals surface area contributed by atoms with Crippen molar-refractivity contribution in [3.8, 4) is 0 Å². The second kappa shape index (κ2) is 7.74. The van der Waals surface area contributed by atoms with Crippen molar-refractivity contribution >= 4 is 44.3 Å². The van der Waals surface area contributed by atoms with Crippen LogP contribution in [0.1, 0.15) is 24.2 Å². The smallest absolute Gasteiger partial charge is 0.229 e. The molecule has 2 aromatic carbocycles. The molecule has 0 aliphatic carbocycles. The van der Waals surface area contributed by atoms with Crippen LogP contribution >= 0.6 is 11.8 Å². The Morgan fingerprint density at radius 1 is 1.19 bits per heavy atom. The van der Waals surface area contributed by atoms with Gasteiger partial charge in [-0.1, -0.05) is 23.9 Å². The van der Waals surface area contributed by atoms with Gasteiger partial charge in [-0.15, -0.1) is 0 Å². The number of fused-ring (bicyclic) bond motifs is 1. The molecule has 6 nitrogen and oxygen atoms in total. The van der Waals surface area contributed by atoms with Crippen LogP contribution in [0.25, 0.3) is 11.0 Å². The Morgan fingerprint density at radius 2 is 1.85 bits per heavy atom. The maximum absolute atomic E-state index is 12.8. The molecule has 1 N–H and O–H groups in total. The number of hydrogen-bond donors (Lipinski definition) is 1. The number of Topliss-reactive ketones (excluding diaryl/α,β-unsaturated/α-hetero) is 1. The first-order valence-corrected chi connectivity index (χ1v) is 11.3. The Labute approximate surface area is 163 Å². The molecule has 0 aliphatic rings. The molecule has 1 atom stereocenters. The van der Waals surface area contributed by atoms with E-state index in [1.807, 2.05) is 31.2 Å². The second-order valence-electron chi connectivity index (χ2n) is 6.20. The van der Waals surface area contributed by atoms with Crippen LogP contribution in [0.5, 0.6) is 0 Å². The minimum atomic E-state index is -3.34. The maximum atomic E-state index is 12.8. The quantitative estimate of drug-likeness (QED) is 0.479. The Balaban J connectivity index is 1.78. The van der Waals surface area contributed by atoms with Crippen LogP contribution in [0.2, 0.25) is 0 Å². The van der Waals surface area contributed by atoms with E-state index in [1.54, 1.807) is 24.3 Å². The van der Waals surface area contributed by atoms with Crippen LogP contribution in [0.15, 0.2) is 53.7 Å². The van der Waals surface area contributed by atoms with Gasteiger partial charge in [0, 0.05) is 17.8 Å². The van der Waals surface area contributed by atoms with Crippen molar-refractivity contribution in [1.82, 2.24) is 9.55 Å². The van der Waals surface area contributed by atoms with E-state index in [0.29, 0.717) is 11.3 Å². The highest BCUT2D eigenvalue weighted by Gasteiger charge is 2.20. The third kappa shape index (κ3) is 4.51. The lowest BCUT2D eigenvalue weighted by atomic mass is 10.1. The number of imidazole rings is 1. The minimum absolute atomic E-state index is 0.0272. The average molecular weight is 404 g/mol. The van der Waals surface area contributed by atoms with Crippen molar-refractivity contribution in [1.29, 1.82) is 0 Å². The predicted molar refractivity (Wildman–Crippen MR) is 110 cm³/mol. The molecule has 0 radical (unpaired) electrons. The summed E-state index contributed by atoms with van der Waals surface area (Å²) in [4.78, 5) is 17.4. The molecule has 0 fully saturated rings. The van der Waals surface area contributed by atoms with E-state index in [2.05, 4.69) is 21.2 Å². The summed E-state index contributed by atoms with van der Waals surface area (Å²) in [6.45, 7) is 4.68. The van der Waals surface area contributed by atoms with Crippen LogP contribution in [0.4, 0.5) is 5.69 Å². The molecule has 142 valence electrons. The molecule has 1 aromatic heterocycles. The maximum Gasteiger partial charge on any atom is 0.229 e. The Hall–Kier alpha value is -2.32. The number of carbonyl (C=O) groups is 1. The highest BCUT2D eigenvalue weighted by Crippen LogP contribution is 2.29. The standard InChI is InChI=1S/C19H21N3O3S2/c1-4-22-17-8-6-5-7-16(17)20-19(22)26-13(2)18(23)14-9-11-15(12-10-14)21-27(3,24)25/h5-13,21H,4H2,1-3H3/t13-/m0/s1. The molecule has 0 aliphatic heterocycles. The van der Waals surface area contributed by atoms with Gasteiger partial charge in [0.1, 0.15) is 0 Å². The number of aryl methyl sites for hydroxylation is 1. The van der Waals surface area contributed by atoms with Crippen molar-refractivity contribution in [2.45, 2.75) is 30.8 Å². The third-order valence-electron chi connectivity index (χ3n) is 4.06. The van der Waals surface area contributed by atoms with Crippen LogP contribution in [-0.2, 0) is 16.6 Å². The van der Waals surface area contributed by atoms with Crippen LogP contribution in [0.3, 0.4) is 0 Å². The first kappa shape index (κ1) is 19.4. The molecule has 27 heavy (non-hydrogen) atoms. The van der Waals surface area contributed by atoms with Gasteiger partial charge in [-0.25, -0.2) is 13.4 Å². The fourth-order valence-corrected chi connectivity index (χ4v) is 4.44. The van der Waals surface area contributed by atoms with E-state index >= 15 is 0 Å².